The van der Waals surface area contributed by atoms with Gasteiger partial charge in [-0.15, -0.1) is 0 Å². The molecule has 3 aromatic carbocycles. The third-order valence-electron chi connectivity index (χ3n) is 18.4. The maximum Gasteiger partial charge on any atom is 0.355 e. The van der Waals surface area contributed by atoms with Crippen molar-refractivity contribution < 1.29 is 112 Å². The van der Waals surface area contributed by atoms with Gasteiger partial charge < -0.3 is 104 Å². The summed E-state index contributed by atoms with van der Waals surface area (Å²) in [4.78, 5) is 241. The molecule has 2 aliphatic rings. The van der Waals surface area contributed by atoms with E-state index < -0.39 is 231 Å². The van der Waals surface area contributed by atoms with E-state index in [4.69, 9.17) is 10.5 Å². The molecular weight excluding hydrogens is 1450 g/mol. The molecule has 0 unspecified atom stereocenters. The molecule has 1 aliphatic carbocycles. The fourth-order valence-corrected chi connectivity index (χ4v) is 12.4. The molecule has 5 aromatic rings. The molecule has 0 radical (unpaired) electrons. The van der Waals surface area contributed by atoms with E-state index in [1.54, 1.807) is 48.5 Å². The minimum Gasteiger partial charge on any atom is -0.508 e. The van der Waals surface area contributed by atoms with E-state index in [1.807, 2.05) is 5.32 Å². The number of aliphatic carboxylic acids is 4. The van der Waals surface area contributed by atoms with Crippen LogP contribution in [0.25, 0.3) is 27.9 Å². The van der Waals surface area contributed by atoms with Crippen LogP contribution in [0.2, 0.25) is 0 Å². The number of rotatable bonds is 28. The highest BCUT2D eigenvalue weighted by molar-refractivity contribution is 6.05. The van der Waals surface area contributed by atoms with Gasteiger partial charge in [0.1, 0.15) is 65.9 Å². The monoisotopic (exact) mass is 1540 g/mol. The van der Waals surface area contributed by atoms with Crippen molar-refractivity contribution in [3.63, 3.8) is 0 Å². The van der Waals surface area contributed by atoms with Gasteiger partial charge in [-0.2, -0.15) is 0 Å². The number of phenols is 1. The largest absolute Gasteiger partial charge is 0.508 e. The second-order valence-electron chi connectivity index (χ2n) is 27.5. The lowest BCUT2D eigenvalue weighted by Gasteiger charge is -2.28. The average Bonchev–Trinajstić information content (AvgIpc) is 1.74. The number of ether oxygens (including phenoxy) is 1. The van der Waals surface area contributed by atoms with Gasteiger partial charge in [-0.25, -0.2) is 4.79 Å². The zero-order valence-corrected chi connectivity index (χ0v) is 61.0. The predicted molar refractivity (Wildman–Crippen MR) is 391 cm³/mol. The Labute approximate surface area is 634 Å². The fraction of sp³-hybridized carbons (Fsp3) is 0.446. The molecule has 0 spiro atoms. The normalized spacial score (nSPS) is 22.8. The molecule has 11 atom stereocenters. The van der Waals surface area contributed by atoms with E-state index in [9.17, 15) is 92.7 Å². The number of aromatic amines is 2. The summed E-state index contributed by atoms with van der Waals surface area (Å²) < 4.78 is 5.92. The van der Waals surface area contributed by atoms with Gasteiger partial charge >= 0.3 is 29.8 Å². The lowest BCUT2D eigenvalue weighted by Crippen LogP contribution is -2.61. The van der Waals surface area contributed by atoms with Crippen LogP contribution in [0.4, 0.5) is 0 Å². The van der Waals surface area contributed by atoms with Crippen molar-refractivity contribution in [1.29, 1.82) is 0 Å². The van der Waals surface area contributed by atoms with E-state index in [2.05, 4.69) is 77.0 Å². The molecule has 111 heavy (non-hydrogen) atoms. The lowest BCUT2D eigenvalue weighted by molar-refractivity contribution is -0.150. The Morgan fingerprint density at radius 1 is 0.568 bits per heavy atom. The zero-order chi connectivity index (χ0) is 81.2. The van der Waals surface area contributed by atoms with E-state index >= 15 is 14.4 Å². The quantitative estimate of drug-likeness (QED) is 0.0179. The summed E-state index contributed by atoms with van der Waals surface area (Å²) in [6.45, 7) is 3.48. The Kier molecular flexibility index (Phi) is 31.6. The molecule has 20 N–H and O–H groups in total. The molecule has 596 valence electrons. The SMILES string of the molecule is CC(C)CCCCCCCC[C@H]1C[C@@H]1C(=O)NCC(=O)N[C@@H]1C(=O)N[C@H](Cc2c[nH]c3ccccc23)C(=O)N[C@@H](CC(=O)O)C(=O)N[C@@H](CC(=O)O)C(=O)N[C@H](c2ccc(O)cc2)C(=O)N[C@@H](CC(=O)O)C(=O)NCC(=O)N[C@H](CC(N)=O)C(=O)N[C@H](CCC(=O)O)C(=O)N/C(=C\c2c[nH]c3ccccc23)C(=O)O[C@@H]1C. The number of amides is 12. The number of carbonyl (C=O) groups is 17. The van der Waals surface area contributed by atoms with Crippen molar-refractivity contribution in [3.8, 4) is 5.75 Å². The van der Waals surface area contributed by atoms with Gasteiger partial charge in [-0.1, -0.05) is 107 Å². The number of benzene rings is 3. The first kappa shape index (κ1) is 85.5. The van der Waals surface area contributed by atoms with Crippen LogP contribution in [-0.4, -0.2) is 198 Å². The lowest BCUT2D eigenvalue weighted by atomic mass is 10.0. The van der Waals surface area contributed by atoms with Crippen LogP contribution in [0.1, 0.15) is 140 Å². The number of carbonyl (C=O) groups excluding carboxylic acids is 13. The minimum atomic E-state index is -2.31. The zero-order valence-electron chi connectivity index (χ0n) is 61.0. The molecule has 37 nitrogen and oxygen atoms in total. The number of fused-ring (bicyclic) bond motifs is 2. The van der Waals surface area contributed by atoms with Gasteiger partial charge in [0.2, 0.25) is 70.9 Å². The Balaban J connectivity index is 1.31. The van der Waals surface area contributed by atoms with Gasteiger partial charge in [-0.3, -0.25) is 76.7 Å². The van der Waals surface area contributed by atoms with Crippen molar-refractivity contribution in [3.05, 3.63) is 108 Å². The number of aromatic hydroxyl groups is 1. The topological polar surface area (TPSA) is 590 Å². The molecule has 1 saturated heterocycles. The van der Waals surface area contributed by atoms with Gasteiger partial charge in [0.05, 0.1) is 38.8 Å². The van der Waals surface area contributed by atoms with Crippen LogP contribution >= 0.6 is 0 Å². The fourth-order valence-electron chi connectivity index (χ4n) is 12.4. The standard InChI is InChI=1S/C74H92N14O23/c1-37(2)14-8-6-4-5-7-9-15-40-26-46(40)65(101)78-36-58(92)87-63-38(3)111-74(110)55(28-42-34-77-48-19-13-11-17-45(42)48)86-67(103)49(24-25-59(93)94)81-69(105)51(29-56(75)90)80-57(91)35-79-66(102)52(30-60(95)96)85-73(109)64(39-20-22-43(89)23-21-39)88-71(107)54(32-62(99)100)83-70(106)53(31-61(97)98)82-68(104)50(84-72(63)108)27-41-33-76-47-18-12-10-16-44(41)47/h10-13,16-23,28,33-34,37-38,40,46,49-54,63-64,76-77,89H,4-9,14-15,24-27,29-32,35-36H2,1-3H3,(H2,75,90)(H,78,101)(H,79,102)(H,80,91)(H,81,105)(H,82,104)(H,83,106)(H,84,108)(H,85,109)(H,86,103)(H,87,92)(H,88,107)(H,93,94)(H,95,96)(H,97,98)(H,99,100)/b55-28-/t38-,40+,46+,49-,50-,51-,52+,53+,54+,63+,64-/m1/s1. The molecule has 2 fully saturated rings. The summed E-state index contributed by atoms with van der Waals surface area (Å²) in [7, 11) is 0. The molecule has 7 rings (SSSR count). The van der Waals surface area contributed by atoms with E-state index in [1.165, 1.54) is 12.4 Å². The number of cyclic esters (lactones) is 1. The average molecular weight is 1550 g/mol. The first-order chi connectivity index (χ1) is 52.7. The van der Waals surface area contributed by atoms with Crippen LogP contribution in [-0.2, 0) is 92.7 Å². The summed E-state index contributed by atoms with van der Waals surface area (Å²) >= 11 is 0. The van der Waals surface area contributed by atoms with E-state index in [0.717, 1.165) is 88.6 Å². The number of carboxylic acid groups (broad SMARTS) is 4. The maximum absolute atomic E-state index is 15.3. The van der Waals surface area contributed by atoms with Crippen molar-refractivity contribution in [2.24, 2.45) is 23.5 Å². The summed E-state index contributed by atoms with van der Waals surface area (Å²) in [6.07, 6.45) is 3.47. The molecular formula is C74H92N14O23. The number of primary amides is 1. The number of hydrogen-bond donors (Lipinski definition) is 19. The third kappa shape index (κ3) is 26.9. The van der Waals surface area contributed by atoms with Crippen LogP contribution in [0, 0.1) is 17.8 Å². The molecule has 0 bridgehead atoms. The number of esters is 1. The number of unbranched alkanes of at least 4 members (excludes halogenated alkanes) is 5. The number of H-pyrrole nitrogens is 2. The van der Waals surface area contributed by atoms with Crippen molar-refractivity contribution in [2.75, 3.05) is 13.1 Å². The van der Waals surface area contributed by atoms with Crippen LogP contribution in [0.5, 0.6) is 5.75 Å². The minimum absolute atomic E-state index is 0.0361. The summed E-state index contributed by atoms with van der Waals surface area (Å²) in [5, 5.41) is 75.8. The van der Waals surface area contributed by atoms with Gasteiger partial charge in [0, 0.05) is 58.5 Å². The first-order valence-electron chi connectivity index (χ1n) is 36.0. The number of phenolic OH excluding ortho intramolecular Hbond substituents is 1. The van der Waals surface area contributed by atoms with Gasteiger partial charge in [0.15, 0.2) is 0 Å². The Hall–Kier alpha value is -12.7. The Morgan fingerprint density at radius 2 is 1.10 bits per heavy atom. The molecule has 1 aliphatic heterocycles. The smallest absolute Gasteiger partial charge is 0.355 e. The maximum atomic E-state index is 15.3. The molecule has 12 amide bonds. The highest BCUT2D eigenvalue weighted by Gasteiger charge is 2.43. The molecule has 37 heteroatoms. The summed E-state index contributed by atoms with van der Waals surface area (Å²) in [6, 6.07) is 0.102. The summed E-state index contributed by atoms with van der Waals surface area (Å²) in [5.41, 5.74) is 5.82. The van der Waals surface area contributed by atoms with Gasteiger partial charge in [-0.05, 0) is 79.5 Å². The Bertz CT molecular complexity index is 4320. The number of hydrogen-bond acceptors (Lipinski definition) is 19. The summed E-state index contributed by atoms with van der Waals surface area (Å²) in [5.74, 6) is -24.2. The third-order valence-corrected chi connectivity index (χ3v) is 18.4. The highest BCUT2D eigenvalue weighted by Crippen LogP contribution is 2.42. The number of nitrogens with one attached hydrogen (secondary N) is 13. The Morgan fingerprint density at radius 3 is 1.71 bits per heavy atom. The van der Waals surface area contributed by atoms with Crippen LogP contribution in [0.3, 0.4) is 0 Å². The number of carboxylic acids is 4. The van der Waals surface area contributed by atoms with Crippen LogP contribution < -0.4 is 64.2 Å². The second kappa shape index (κ2) is 41.0. The number of para-hydroxylation sites is 2. The number of nitrogens with two attached hydrogens (primary N) is 1. The second-order valence-corrected chi connectivity index (χ2v) is 27.5. The highest BCUT2D eigenvalue weighted by atomic mass is 16.5. The van der Waals surface area contributed by atoms with Crippen LogP contribution in [0.15, 0.2) is 90.9 Å². The predicted octanol–water partition coefficient (Wildman–Crippen LogP) is 0.0606. The molecule has 3 heterocycles. The van der Waals surface area contributed by atoms with E-state index in [0.29, 0.717) is 34.1 Å². The van der Waals surface area contributed by atoms with Crippen molar-refractivity contribution in [1.82, 2.24) is 68.5 Å². The van der Waals surface area contributed by atoms with E-state index in [-0.39, 0.29) is 22.6 Å². The van der Waals surface area contributed by atoms with Crippen molar-refractivity contribution in [2.45, 2.75) is 178 Å². The van der Waals surface area contributed by atoms with Gasteiger partial charge in [0.25, 0.3) is 0 Å². The molecule has 1 saturated carbocycles. The number of aromatic nitrogens is 2. The first-order valence-corrected chi connectivity index (χ1v) is 36.0. The van der Waals surface area contributed by atoms with Crippen molar-refractivity contribution >= 4 is 129 Å². The molecule has 2 aromatic heterocycles.